The van der Waals surface area contributed by atoms with E-state index in [-0.39, 0.29) is 23.9 Å². The molecule has 0 unspecified atom stereocenters. The van der Waals surface area contributed by atoms with Crippen molar-refractivity contribution in [1.29, 1.82) is 0 Å². The number of carbonyl (C=O) groups excluding carboxylic acids is 1. The molecule has 2 aliphatic carbocycles. The molecule has 0 aromatic carbocycles. The van der Waals surface area contributed by atoms with E-state index in [9.17, 15) is 15.1 Å². The van der Waals surface area contributed by atoms with Gasteiger partial charge in [-0.1, -0.05) is 31.2 Å². The molecular formula is C20H29NO4. The van der Waals surface area contributed by atoms with Crippen LogP contribution in [0.15, 0.2) is 29.0 Å². The number of hydrogen-bond acceptors (Lipinski definition) is 5. The van der Waals surface area contributed by atoms with Crippen molar-refractivity contribution >= 4 is 11.7 Å². The van der Waals surface area contributed by atoms with E-state index in [2.05, 4.69) is 18.7 Å². The Morgan fingerprint density at radius 1 is 1.40 bits per heavy atom. The summed E-state index contributed by atoms with van der Waals surface area (Å²) in [6.45, 7) is 9.02. The number of ether oxygens (including phenoxy) is 1. The van der Waals surface area contributed by atoms with Crippen LogP contribution in [0.2, 0.25) is 0 Å². The van der Waals surface area contributed by atoms with E-state index in [0.717, 1.165) is 31.3 Å². The number of hydrogen-bond donors (Lipinski definition) is 2. The van der Waals surface area contributed by atoms with E-state index in [1.807, 2.05) is 13.0 Å². The van der Waals surface area contributed by atoms with Crippen molar-refractivity contribution < 1.29 is 19.8 Å². The second-order valence-corrected chi connectivity index (χ2v) is 8.30. The molecule has 2 fully saturated rings. The molecular weight excluding hydrogens is 318 g/mol. The van der Waals surface area contributed by atoms with Gasteiger partial charge in [-0.3, -0.25) is 0 Å². The summed E-state index contributed by atoms with van der Waals surface area (Å²) in [5.74, 6) is 0.345. The second-order valence-electron chi connectivity index (χ2n) is 8.30. The monoisotopic (exact) mass is 347 g/mol. The predicted molar refractivity (Wildman–Crippen MR) is 95.4 cm³/mol. The highest BCUT2D eigenvalue weighted by Crippen LogP contribution is 2.61. The van der Waals surface area contributed by atoms with Gasteiger partial charge in [-0.15, -0.1) is 0 Å². The lowest BCUT2D eigenvalue weighted by atomic mass is 9.46. The van der Waals surface area contributed by atoms with Crippen LogP contribution in [0.1, 0.15) is 52.4 Å². The van der Waals surface area contributed by atoms with Crippen LogP contribution < -0.4 is 0 Å². The lowest BCUT2D eigenvalue weighted by Gasteiger charge is -2.58. The summed E-state index contributed by atoms with van der Waals surface area (Å²) in [7, 11) is 0. The third-order valence-electron chi connectivity index (χ3n) is 7.13. The van der Waals surface area contributed by atoms with Gasteiger partial charge >= 0.3 is 5.97 Å². The third-order valence-corrected chi connectivity index (χ3v) is 7.13. The maximum absolute atomic E-state index is 11.7. The van der Waals surface area contributed by atoms with E-state index in [1.165, 1.54) is 5.57 Å². The van der Waals surface area contributed by atoms with Gasteiger partial charge in [0, 0.05) is 11.0 Å². The molecule has 0 spiro atoms. The number of aliphatic hydroxyl groups is 1. The van der Waals surface area contributed by atoms with Gasteiger partial charge in [0.1, 0.15) is 6.61 Å². The van der Waals surface area contributed by atoms with Crippen molar-refractivity contribution in [2.75, 3.05) is 13.2 Å². The summed E-state index contributed by atoms with van der Waals surface area (Å²) in [4.78, 5) is 11.7. The molecule has 0 aromatic heterocycles. The maximum atomic E-state index is 11.7. The van der Waals surface area contributed by atoms with Gasteiger partial charge in [0.2, 0.25) is 0 Å². The molecule has 3 rings (SSSR count). The molecule has 1 aliphatic heterocycles. The van der Waals surface area contributed by atoms with Crippen molar-refractivity contribution in [3.8, 4) is 0 Å². The molecule has 0 bridgehead atoms. The van der Waals surface area contributed by atoms with Crippen molar-refractivity contribution in [3.63, 3.8) is 0 Å². The van der Waals surface area contributed by atoms with Gasteiger partial charge in [-0.2, -0.15) is 0 Å². The molecule has 5 heteroatoms. The number of esters is 1. The smallest absolute Gasteiger partial charge is 0.334 e. The molecule has 138 valence electrons. The molecule has 0 amide bonds. The van der Waals surface area contributed by atoms with Crippen LogP contribution in [-0.4, -0.2) is 35.2 Å². The fourth-order valence-corrected chi connectivity index (χ4v) is 5.61. The van der Waals surface area contributed by atoms with Crippen LogP contribution >= 0.6 is 0 Å². The van der Waals surface area contributed by atoms with Crippen molar-refractivity contribution in [3.05, 3.63) is 23.8 Å². The van der Waals surface area contributed by atoms with Gasteiger partial charge in [0.15, 0.2) is 0 Å². The molecule has 2 saturated carbocycles. The van der Waals surface area contributed by atoms with Crippen LogP contribution in [0.25, 0.3) is 0 Å². The fourth-order valence-electron chi connectivity index (χ4n) is 5.61. The highest BCUT2D eigenvalue weighted by molar-refractivity contribution is 5.91. The van der Waals surface area contributed by atoms with E-state index < -0.39 is 5.41 Å². The molecule has 1 heterocycles. The Morgan fingerprint density at radius 2 is 2.16 bits per heavy atom. The average molecular weight is 347 g/mol. The maximum Gasteiger partial charge on any atom is 0.334 e. The SMILES string of the molecule is C=C1CC[C@@H]2[C@@](C)(CC/C(=N\O)[C@@]2(C)CO)[C@@H]1CCC1=CCOC1=O. The number of carbonyl (C=O) groups is 1. The van der Waals surface area contributed by atoms with E-state index in [0.29, 0.717) is 31.1 Å². The Kier molecular flexibility index (Phi) is 4.80. The lowest BCUT2D eigenvalue weighted by molar-refractivity contribution is -0.136. The van der Waals surface area contributed by atoms with Crippen molar-refractivity contribution in [2.45, 2.75) is 52.4 Å². The minimum atomic E-state index is -0.494. The molecule has 4 atom stereocenters. The Bertz CT molecular complexity index is 638. The molecule has 25 heavy (non-hydrogen) atoms. The quantitative estimate of drug-likeness (QED) is 0.353. The Balaban J connectivity index is 1.86. The third kappa shape index (κ3) is 2.82. The number of rotatable bonds is 4. The lowest BCUT2D eigenvalue weighted by Crippen LogP contribution is -2.55. The Labute approximate surface area is 149 Å². The normalized spacial score (nSPS) is 40.0. The topological polar surface area (TPSA) is 79.1 Å². The van der Waals surface area contributed by atoms with Gasteiger partial charge in [0.25, 0.3) is 0 Å². The van der Waals surface area contributed by atoms with E-state index >= 15 is 0 Å². The minimum absolute atomic E-state index is 0.00985. The zero-order chi connectivity index (χ0) is 18.2. The predicted octanol–water partition coefficient (Wildman–Crippen LogP) is 3.46. The standard InChI is InChI=1S/C20H29NO4/c1-13-4-7-16-19(2,10-8-17(21-24)20(16,3)12-22)15(13)6-5-14-9-11-25-18(14)23/h9,15-16,22,24H,1,4-8,10-12H2,2-3H3/b21-17+/t15-,16-,19+,20+/m1/s1. The van der Waals surface area contributed by atoms with Gasteiger partial charge < -0.3 is 15.1 Å². The number of oxime groups is 1. The van der Waals surface area contributed by atoms with E-state index in [1.54, 1.807) is 0 Å². The van der Waals surface area contributed by atoms with Crippen molar-refractivity contribution in [1.82, 2.24) is 0 Å². The summed E-state index contributed by atoms with van der Waals surface area (Å²) >= 11 is 0. The van der Waals surface area contributed by atoms with Crippen LogP contribution in [0, 0.1) is 22.7 Å². The van der Waals surface area contributed by atoms with Crippen molar-refractivity contribution in [2.24, 2.45) is 27.8 Å². The summed E-state index contributed by atoms with van der Waals surface area (Å²) in [5, 5.41) is 23.1. The first-order valence-electron chi connectivity index (χ1n) is 9.23. The first-order valence-corrected chi connectivity index (χ1v) is 9.23. The van der Waals surface area contributed by atoms with Gasteiger partial charge in [-0.05, 0) is 61.9 Å². The highest BCUT2D eigenvalue weighted by Gasteiger charge is 2.56. The fraction of sp³-hybridized carbons (Fsp3) is 0.700. The van der Waals surface area contributed by atoms with Gasteiger partial charge in [-0.25, -0.2) is 4.79 Å². The molecule has 2 N–H and O–H groups in total. The zero-order valence-electron chi connectivity index (χ0n) is 15.3. The van der Waals surface area contributed by atoms with E-state index in [4.69, 9.17) is 4.74 Å². The number of aliphatic hydroxyl groups excluding tert-OH is 1. The van der Waals surface area contributed by atoms with Crippen LogP contribution in [0.4, 0.5) is 0 Å². The molecule has 0 saturated heterocycles. The number of allylic oxidation sites excluding steroid dienone is 1. The Morgan fingerprint density at radius 3 is 2.76 bits per heavy atom. The summed E-state index contributed by atoms with van der Waals surface area (Å²) in [6, 6.07) is 0. The van der Waals surface area contributed by atoms with Gasteiger partial charge in [0.05, 0.1) is 12.3 Å². The first-order chi connectivity index (χ1) is 11.9. The Hall–Kier alpha value is -1.62. The second kappa shape index (κ2) is 6.60. The average Bonchev–Trinajstić information content (AvgIpc) is 2.99. The largest absolute Gasteiger partial charge is 0.458 e. The van der Waals surface area contributed by atoms with Crippen LogP contribution in [0.5, 0.6) is 0 Å². The van der Waals surface area contributed by atoms with Crippen LogP contribution in [-0.2, 0) is 9.53 Å². The number of nitrogens with zero attached hydrogens (tertiary/aromatic N) is 1. The molecule has 3 aliphatic rings. The first kappa shape index (κ1) is 18.2. The highest BCUT2D eigenvalue weighted by atomic mass is 16.5. The molecule has 0 aromatic rings. The zero-order valence-corrected chi connectivity index (χ0v) is 15.3. The van der Waals surface area contributed by atoms with Crippen LogP contribution in [0.3, 0.4) is 0 Å². The number of cyclic esters (lactones) is 1. The summed E-state index contributed by atoms with van der Waals surface area (Å²) in [6.07, 6.45) is 6.94. The summed E-state index contributed by atoms with van der Waals surface area (Å²) in [5.41, 5.74) is 2.23. The molecule has 0 radical (unpaired) electrons. The summed E-state index contributed by atoms with van der Waals surface area (Å²) < 4.78 is 5.01. The molecule has 5 nitrogen and oxygen atoms in total. The number of fused-ring (bicyclic) bond motifs is 1. The minimum Gasteiger partial charge on any atom is -0.458 e.